The van der Waals surface area contributed by atoms with Gasteiger partial charge in [-0.05, 0) is 50.1 Å². The Bertz CT molecular complexity index is 1530. The molecule has 0 aliphatic carbocycles. The Kier molecular flexibility index (Phi) is 8.01. The molecule has 0 bridgehead atoms. The molecule has 0 fully saturated rings. The number of fused-ring (bicyclic) bond motifs is 1. The molecule has 1 aromatic heterocycles. The topological polar surface area (TPSA) is 67.2 Å². The van der Waals surface area contributed by atoms with E-state index in [2.05, 4.69) is 5.32 Å². The average Bonchev–Trinajstić information content (AvgIpc) is 3.28. The van der Waals surface area contributed by atoms with E-state index in [1.165, 1.54) is 23.9 Å². The summed E-state index contributed by atoms with van der Waals surface area (Å²) in [5, 5.41) is 8.26. The molecule has 3 aromatic carbocycles. The third kappa shape index (κ3) is 5.78. The van der Waals surface area contributed by atoms with Crippen LogP contribution in [0.1, 0.15) is 42.7 Å². The monoisotopic (exact) mass is 576 g/mol. The minimum Gasteiger partial charge on any atom is -0.350 e. The van der Waals surface area contributed by atoms with Gasteiger partial charge in [0.15, 0.2) is 0 Å². The van der Waals surface area contributed by atoms with Crippen molar-refractivity contribution in [2.45, 2.75) is 38.1 Å². The lowest BCUT2D eigenvalue weighted by Crippen LogP contribution is -2.43. The van der Waals surface area contributed by atoms with Crippen molar-refractivity contribution in [2.24, 2.45) is 0 Å². The number of rotatable bonds is 6. The number of halogens is 2. The average molecular weight is 577 g/mol. The van der Waals surface area contributed by atoms with Gasteiger partial charge in [-0.3, -0.25) is 14.5 Å². The SMILES string of the molecule is CC(C)(C)n1nc(-c2ccccc2)c2c1N(CC(=O)NCc1ccc(F)cc1)C(=O)CS[C@H]2c1ccccc1Cl. The maximum Gasteiger partial charge on any atom is 0.240 e. The first-order chi connectivity index (χ1) is 19.1. The summed E-state index contributed by atoms with van der Waals surface area (Å²) in [6.45, 7) is 6.11. The first-order valence-electron chi connectivity index (χ1n) is 13.0. The summed E-state index contributed by atoms with van der Waals surface area (Å²) in [5.74, 6) is -0.111. The summed E-state index contributed by atoms with van der Waals surface area (Å²) in [7, 11) is 0. The molecule has 206 valence electrons. The predicted molar refractivity (Wildman–Crippen MR) is 159 cm³/mol. The number of hydrogen-bond acceptors (Lipinski definition) is 4. The van der Waals surface area contributed by atoms with Crippen molar-refractivity contribution in [2.75, 3.05) is 17.2 Å². The van der Waals surface area contributed by atoms with Crippen molar-refractivity contribution in [1.82, 2.24) is 15.1 Å². The van der Waals surface area contributed by atoms with Crippen molar-refractivity contribution in [3.8, 4) is 11.3 Å². The number of carbonyl (C=O) groups excluding carboxylic acids is 2. The lowest BCUT2D eigenvalue weighted by atomic mass is 9.99. The Morgan fingerprint density at radius 3 is 2.40 bits per heavy atom. The second-order valence-electron chi connectivity index (χ2n) is 10.6. The lowest BCUT2D eigenvalue weighted by molar-refractivity contribution is -0.123. The molecule has 1 aliphatic heterocycles. The third-order valence-corrected chi connectivity index (χ3v) is 8.24. The normalized spacial score (nSPS) is 15.5. The highest BCUT2D eigenvalue weighted by Gasteiger charge is 2.39. The molecule has 0 unspecified atom stereocenters. The molecule has 4 aromatic rings. The van der Waals surface area contributed by atoms with Crippen LogP contribution in [0.4, 0.5) is 10.2 Å². The Balaban J connectivity index is 1.62. The fraction of sp³-hybridized carbons (Fsp3) is 0.258. The summed E-state index contributed by atoms with van der Waals surface area (Å²) >= 11 is 8.19. The van der Waals surface area contributed by atoms with E-state index in [-0.39, 0.29) is 41.7 Å². The third-order valence-electron chi connectivity index (χ3n) is 6.66. The Morgan fingerprint density at radius 2 is 1.73 bits per heavy atom. The zero-order valence-corrected chi connectivity index (χ0v) is 24.1. The molecule has 0 saturated heterocycles. The van der Waals surface area contributed by atoms with E-state index in [0.29, 0.717) is 10.8 Å². The number of hydrogen-bond donors (Lipinski definition) is 1. The summed E-state index contributed by atoms with van der Waals surface area (Å²) in [4.78, 5) is 28.5. The first-order valence-corrected chi connectivity index (χ1v) is 14.4. The quantitative estimate of drug-likeness (QED) is 0.281. The van der Waals surface area contributed by atoms with Gasteiger partial charge in [0, 0.05) is 22.7 Å². The number of aromatic nitrogens is 2. The molecule has 1 atom stereocenters. The second kappa shape index (κ2) is 11.5. The molecule has 0 spiro atoms. The van der Waals surface area contributed by atoms with Crippen molar-refractivity contribution in [3.63, 3.8) is 0 Å². The number of nitrogens with zero attached hydrogens (tertiary/aromatic N) is 3. The fourth-order valence-electron chi connectivity index (χ4n) is 4.73. The summed E-state index contributed by atoms with van der Waals surface area (Å²) in [5.41, 5.74) is 3.65. The molecule has 2 heterocycles. The molecule has 5 rings (SSSR count). The van der Waals surface area contributed by atoms with Gasteiger partial charge in [-0.15, -0.1) is 11.8 Å². The fourth-order valence-corrected chi connectivity index (χ4v) is 6.28. The molecular formula is C31H30ClFN4O2S. The van der Waals surface area contributed by atoms with Crippen molar-refractivity contribution >= 4 is 41.0 Å². The van der Waals surface area contributed by atoms with Gasteiger partial charge in [-0.2, -0.15) is 5.10 Å². The highest BCUT2D eigenvalue weighted by atomic mass is 35.5. The number of anilines is 1. The Hall–Kier alpha value is -3.62. The summed E-state index contributed by atoms with van der Waals surface area (Å²) in [6.07, 6.45) is 0. The van der Waals surface area contributed by atoms with Crippen LogP contribution in [0, 0.1) is 5.82 Å². The molecule has 1 aliphatic rings. The minimum absolute atomic E-state index is 0.161. The molecule has 0 saturated carbocycles. The van der Waals surface area contributed by atoms with Crippen LogP contribution in [-0.4, -0.2) is 33.9 Å². The van der Waals surface area contributed by atoms with Gasteiger partial charge in [-0.25, -0.2) is 9.07 Å². The number of nitrogens with one attached hydrogen (secondary N) is 1. The number of thioether (sulfide) groups is 1. The van der Waals surface area contributed by atoms with Gasteiger partial charge in [-0.1, -0.05) is 72.3 Å². The van der Waals surface area contributed by atoms with Crippen LogP contribution < -0.4 is 10.2 Å². The van der Waals surface area contributed by atoms with Crippen LogP contribution in [-0.2, 0) is 21.7 Å². The smallest absolute Gasteiger partial charge is 0.240 e. The molecule has 1 N–H and O–H groups in total. The zero-order valence-electron chi connectivity index (χ0n) is 22.5. The van der Waals surface area contributed by atoms with Crippen LogP contribution in [0.2, 0.25) is 5.02 Å². The van der Waals surface area contributed by atoms with E-state index in [1.807, 2.05) is 80.1 Å². The van der Waals surface area contributed by atoms with Crippen LogP contribution in [0.15, 0.2) is 78.9 Å². The molecule has 9 heteroatoms. The molecule has 40 heavy (non-hydrogen) atoms. The van der Waals surface area contributed by atoms with Gasteiger partial charge < -0.3 is 5.32 Å². The second-order valence-corrected chi connectivity index (χ2v) is 12.1. The van der Waals surface area contributed by atoms with Crippen molar-refractivity contribution < 1.29 is 14.0 Å². The van der Waals surface area contributed by atoms with Crippen LogP contribution in [0.5, 0.6) is 0 Å². The number of benzene rings is 3. The maximum atomic E-state index is 13.7. The van der Waals surface area contributed by atoms with E-state index in [1.54, 1.807) is 17.0 Å². The van der Waals surface area contributed by atoms with E-state index < -0.39 is 5.54 Å². The minimum atomic E-state index is -0.500. The number of carbonyl (C=O) groups is 2. The van der Waals surface area contributed by atoms with Crippen molar-refractivity contribution in [1.29, 1.82) is 0 Å². The van der Waals surface area contributed by atoms with Crippen LogP contribution in [0.3, 0.4) is 0 Å². The van der Waals surface area contributed by atoms with Gasteiger partial charge in [0.1, 0.15) is 18.2 Å². The highest BCUT2D eigenvalue weighted by molar-refractivity contribution is 8.00. The van der Waals surface area contributed by atoms with Gasteiger partial charge >= 0.3 is 0 Å². The summed E-state index contributed by atoms with van der Waals surface area (Å²) < 4.78 is 15.2. The van der Waals surface area contributed by atoms with Gasteiger partial charge in [0.25, 0.3) is 0 Å². The standard InChI is InChI=1S/C31H30ClFN4O2S/c1-31(2,3)37-30-27(28(35-37)21-9-5-4-6-10-21)29(23-11-7-8-12-24(23)32)40-19-26(39)36(30)18-25(38)34-17-20-13-15-22(33)16-14-20/h4-16,29H,17-19H2,1-3H3,(H,34,38)/t29-/m0/s1. The largest absolute Gasteiger partial charge is 0.350 e. The van der Waals surface area contributed by atoms with Crippen LogP contribution in [0.25, 0.3) is 11.3 Å². The lowest BCUT2D eigenvalue weighted by Gasteiger charge is -2.28. The van der Waals surface area contributed by atoms with E-state index in [4.69, 9.17) is 16.7 Å². The zero-order chi connectivity index (χ0) is 28.4. The van der Waals surface area contributed by atoms with E-state index in [9.17, 15) is 14.0 Å². The van der Waals surface area contributed by atoms with Crippen molar-refractivity contribution in [3.05, 3.63) is 106 Å². The molecular weight excluding hydrogens is 547 g/mol. The highest BCUT2D eigenvalue weighted by Crippen LogP contribution is 2.50. The van der Waals surface area contributed by atoms with E-state index in [0.717, 1.165) is 27.9 Å². The first kappa shape index (κ1) is 27.9. The summed E-state index contributed by atoms with van der Waals surface area (Å²) in [6, 6.07) is 23.4. The maximum absolute atomic E-state index is 13.7. The molecule has 0 radical (unpaired) electrons. The van der Waals surface area contributed by atoms with Gasteiger partial charge in [0.05, 0.1) is 22.2 Å². The Morgan fingerprint density at radius 1 is 1.05 bits per heavy atom. The predicted octanol–water partition coefficient (Wildman–Crippen LogP) is 6.58. The molecule has 2 amide bonds. The molecule has 6 nitrogen and oxygen atoms in total. The van der Waals surface area contributed by atoms with Crippen LogP contribution >= 0.6 is 23.4 Å². The Labute approximate surface area is 242 Å². The van der Waals surface area contributed by atoms with E-state index >= 15 is 0 Å². The van der Waals surface area contributed by atoms with Gasteiger partial charge in [0.2, 0.25) is 11.8 Å². The number of amides is 2.